The molecule has 1 aliphatic rings. The molecule has 21 heavy (non-hydrogen) atoms. The van der Waals surface area contributed by atoms with E-state index in [-0.39, 0.29) is 5.46 Å². The Morgan fingerprint density at radius 3 is 2.19 bits per heavy atom. The minimum atomic E-state index is -3.20. The number of carbonyl (C=O) groups is 1. The van der Waals surface area contributed by atoms with Gasteiger partial charge in [-0.3, -0.25) is 0 Å². The summed E-state index contributed by atoms with van der Waals surface area (Å²) in [4.78, 5) is 12.5. The number of hydrogen-bond donors (Lipinski definition) is 0. The van der Waals surface area contributed by atoms with Gasteiger partial charge in [-0.1, -0.05) is 66.1 Å². The van der Waals surface area contributed by atoms with Gasteiger partial charge in [0.2, 0.25) is 0 Å². The second kappa shape index (κ2) is 4.70. The van der Waals surface area contributed by atoms with Gasteiger partial charge in [-0.25, -0.2) is 4.79 Å². The quantitative estimate of drug-likeness (QED) is 0.791. The van der Waals surface area contributed by atoms with E-state index in [2.05, 4.69) is 0 Å². The predicted octanol–water partition coefficient (Wildman–Crippen LogP) is 2.18. The molecule has 0 N–H and O–H groups in total. The van der Waals surface area contributed by atoms with Crippen LogP contribution in [0.1, 0.15) is 13.0 Å². The molecule has 3 rings (SSSR count). The van der Waals surface area contributed by atoms with Gasteiger partial charge in [-0.05, 0) is 0 Å². The molecule has 3 nitrogen and oxygen atoms in total. The molecule has 108 valence electrons. The number of nitrogens with zero attached hydrogens (tertiary/aromatic N) is 1. The first-order valence-electron chi connectivity index (χ1n) is 7.35. The van der Waals surface area contributed by atoms with Crippen molar-refractivity contribution in [3.63, 3.8) is 0 Å². The number of quaternary nitrogens is 1. The maximum Gasteiger partial charge on any atom is 0.592 e. The number of halogens is 1. The van der Waals surface area contributed by atoms with Crippen LogP contribution in [0, 0.1) is 0 Å². The van der Waals surface area contributed by atoms with Gasteiger partial charge in [0.15, 0.2) is 6.02 Å². The van der Waals surface area contributed by atoms with Gasteiger partial charge in [-0.15, -0.1) is 0 Å². The van der Waals surface area contributed by atoms with E-state index >= 15 is 4.32 Å². The molecule has 0 spiro atoms. The number of hydrogen-bond acceptors (Lipinski definition) is 2. The molecule has 0 radical (unpaired) electrons. The van der Waals surface area contributed by atoms with Crippen LogP contribution in [0.2, 0.25) is 0 Å². The summed E-state index contributed by atoms with van der Waals surface area (Å²) in [6.07, 6.45) is 0. The lowest BCUT2D eigenvalue weighted by Gasteiger charge is -2.44. The summed E-state index contributed by atoms with van der Waals surface area (Å²) in [6, 6.07) is 15.0. The first-order valence-corrected chi connectivity index (χ1v) is 6.85. The van der Waals surface area contributed by atoms with Crippen LogP contribution in [0.25, 0.3) is 0 Å². The predicted molar refractivity (Wildman–Crippen MR) is 80.3 cm³/mol. The fraction of sp³-hybridized carbons (Fsp3) is 0.188. The van der Waals surface area contributed by atoms with Crippen LogP contribution >= 0.6 is 0 Å². The van der Waals surface area contributed by atoms with Crippen molar-refractivity contribution in [1.29, 1.82) is 0 Å². The lowest BCUT2D eigenvalue weighted by atomic mass is 9.63. The summed E-state index contributed by atoms with van der Waals surface area (Å²) in [7, 11) is 3.05. The maximum atomic E-state index is 15.7. The molecule has 1 fully saturated rings. The van der Waals surface area contributed by atoms with E-state index in [1.165, 1.54) is 14.1 Å². The first-order chi connectivity index (χ1) is 10.3. The minimum Gasteiger partial charge on any atom is -0.603 e. The molecule has 0 saturated carbocycles. The van der Waals surface area contributed by atoms with E-state index in [4.69, 9.17) is 6.03 Å². The van der Waals surface area contributed by atoms with Crippen LogP contribution in [-0.4, -0.2) is 31.2 Å². The Morgan fingerprint density at radius 1 is 1.10 bits per heavy atom. The molecule has 2 aromatic rings. The lowest BCUT2D eigenvalue weighted by Crippen LogP contribution is -2.65. The average molecular weight is 286 g/mol. The van der Waals surface area contributed by atoms with E-state index < -0.39 is 23.1 Å². The van der Waals surface area contributed by atoms with Crippen LogP contribution in [0.3, 0.4) is 0 Å². The zero-order chi connectivity index (χ0) is 16.0. The average Bonchev–Trinajstić information content (AvgIpc) is 2.68. The van der Waals surface area contributed by atoms with E-state index in [1.54, 1.807) is 60.7 Å². The molecule has 1 aliphatic heterocycles. The molecule has 0 aliphatic carbocycles. The molecule has 0 bridgehead atoms. The van der Waals surface area contributed by atoms with Crippen molar-refractivity contribution in [2.45, 2.75) is 6.02 Å². The third-order valence-electron chi connectivity index (χ3n) is 4.12. The van der Waals surface area contributed by atoms with Crippen LogP contribution < -0.4 is 5.46 Å². The summed E-state index contributed by atoms with van der Waals surface area (Å²) in [6.45, 7) is -3.20. The van der Waals surface area contributed by atoms with Crippen molar-refractivity contribution in [2.24, 2.45) is 0 Å². The second-order valence-electron chi connectivity index (χ2n) is 5.72. The number of benzene rings is 2. The van der Waals surface area contributed by atoms with Gasteiger partial charge in [0.05, 0.1) is 0 Å². The van der Waals surface area contributed by atoms with E-state index in [0.717, 1.165) is 0 Å². The Bertz CT molecular complexity index is 713. The highest BCUT2D eigenvalue weighted by molar-refractivity contribution is 6.76. The summed E-state index contributed by atoms with van der Waals surface area (Å²) >= 11 is 0. The lowest BCUT2D eigenvalue weighted by molar-refractivity contribution is -0.816. The Labute approximate surface area is 125 Å². The Morgan fingerprint density at radius 2 is 1.62 bits per heavy atom. The van der Waals surface area contributed by atoms with Crippen molar-refractivity contribution in [1.82, 2.24) is 0 Å². The monoisotopic (exact) mass is 286 g/mol. The maximum absolute atomic E-state index is 15.7. The van der Waals surface area contributed by atoms with Crippen molar-refractivity contribution in [3.05, 3.63) is 66.2 Å². The summed E-state index contributed by atoms with van der Waals surface area (Å²) in [5.41, 5.74) is 0.702. The van der Waals surface area contributed by atoms with Crippen LogP contribution in [0.15, 0.2) is 60.7 Å². The zero-order valence-corrected chi connectivity index (χ0v) is 12.0. The SMILES string of the molecule is [2H][C@@]1(c2ccccc2)C(=O)O[B-](F)(c2ccccc2)[N+]1(C)C. The van der Waals surface area contributed by atoms with Crippen LogP contribution in [-0.2, 0) is 9.45 Å². The smallest absolute Gasteiger partial charge is 0.592 e. The normalized spacial score (nSPS) is 31.6. The molecule has 0 amide bonds. The fourth-order valence-electron chi connectivity index (χ4n) is 2.91. The number of carbonyl (C=O) groups excluding carboxylic acids is 1. The molecule has 1 saturated heterocycles. The Hall–Kier alpha value is -2.14. The molecule has 2 aromatic carbocycles. The topological polar surface area (TPSA) is 26.3 Å². The summed E-state index contributed by atoms with van der Waals surface area (Å²) in [5.74, 6) is -0.866. The second-order valence-corrected chi connectivity index (χ2v) is 5.72. The van der Waals surface area contributed by atoms with Crippen molar-refractivity contribution in [3.8, 4) is 0 Å². The van der Waals surface area contributed by atoms with E-state index in [0.29, 0.717) is 5.56 Å². The first kappa shape index (κ1) is 12.6. The van der Waals surface area contributed by atoms with Crippen molar-refractivity contribution in [2.75, 3.05) is 14.1 Å². The van der Waals surface area contributed by atoms with Crippen molar-refractivity contribution < 1.29 is 19.5 Å². The van der Waals surface area contributed by atoms with Gasteiger partial charge in [0, 0.05) is 19.7 Å². The van der Waals surface area contributed by atoms with E-state index in [9.17, 15) is 4.79 Å². The third kappa shape index (κ3) is 1.96. The van der Waals surface area contributed by atoms with Gasteiger partial charge in [0.25, 0.3) is 0 Å². The standard InChI is InChI=1S/C16H17BFNO2/c1-19(2)15(13-9-5-3-6-10-13)16(20)21-17(19,18)14-11-7-4-8-12-14/h3-12,15H,1-2H3/t15-,17?/m1/s1/i15D. The molecular weight excluding hydrogens is 268 g/mol. The molecule has 1 heterocycles. The summed E-state index contributed by atoms with van der Waals surface area (Å²) in [5, 5.41) is 0. The number of rotatable bonds is 2. The Kier molecular flexibility index (Phi) is 2.82. The molecular formula is C16H17BFNO2. The third-order valence-corrected chi connectivity index (χ3v) is 4.12. The van der Waals surface area contributed by atoms with Gasteiger partial charge in [-0.2, -0.15) is 0 Å². The van der Waals surface area contributed by atoms with Crippen LogP contribution in [0.5, 0.6) is 0 Å². The fourth-order valence-corrected chi connectivity index (χ4v) is 2.91. The van der Waals surface area contributed by atoms with Crippen LogP contribution in [0.4, 0.5) is 4.32 Å². The zero-order valence-electron chi connectivity index (χ0n) is 13.0. The molecule has 5 heteroatoms. The minimum absolute atomic E-state index is 0.283. The molecule has 1 unspecified atom stereocenters. The van der Waals surface area contributed by atoms with Crippen molar-refractivity contribution >= 4 is 18.2 Å². The number of likely N-dealkylation sites (N-methyl/N-ethyl adjacent to an activating group) is 1. The summed E-state index contributed by atoms with van der Waals surface area (Å²) < 4.78 is 29.1. The highest BCUT2D eigenvalue weighted by Crippen LogP contribution is 2.40. The highest BCUT2D eigenvalue weighted by atomic mass is 19.1. The van der Waals surface area contributed by atoms with Gasteiger partial charge < -0.3 is 13.4 Å². The van der Waals surface area contributed by atoms with E-state index in [1.807, 2.05) is 0 Å². The Balaban J connectivity index is 2.19. The largest absolute Gasteiger partial charge is 0.603 e. The molecule has 0 aromatic heterocycles. The van der Waals surface area contributed by atoms with Gasteiger partial charge >= 0.3 is 12.7 Å². The van der Waals surface area contributed by atoms with Gasteiger partial charge in [0.1, 0.15) is 1.37 Å². The highest BCUT2D eigenvalue weighted by Gasteiger charge is 2.62. The molecule has 2 atom stereocenters.